The lowest BCUT2D eigenvalue weighted by atomic mass is 9.92. The summed E-state index contributed by atoms with van der Waals surface area (Å²) in [6.45, 7) is 0. The molecule has 3 rings (SSSR count). The Morgan fingerprint density at radius 1 is 1.05 bits per heavy atom. The summed E-state index contributed by atoms with van der Waals surface area (Å²) in [5.41, 5.74) is 2.55. The molecule has 0 unspecified atom stereocenters. The van der Waals surface area contributed by atoms with Gasteiger partial charge < -0.3 is 10.1 Å². The highest BCUT2D eigenvalue weighted by Crippen LogP contribution is 2.29. The Hall–Kier alpha value is -2.17. The monoisotopic (exact) mass is 290 g/mol. The Balaban J connectivity index is 1.90. The first kappa shape index (κ1) is 13.8. The molecule has 0 radical (unpaired) electrons. The minimum atomic E-state index is -0.816. The summed E-state index contributed by atoms with van der Waals surface area (Å²) in [6.07, 6.45) is 4.44. The van der Waals surface area contributed by atoms with E-state index < -0.39 is 11.6 Å². The van der Waals surface area contributed by atoms with E-state index in [-0.39, 0.29) is 11.7 Å². The van der Waals surface area contributed by atoms with Gasteiger partial charge in [0.25, 0.3) is 5.88 Å². The molecule has 1 aromatic heterocycles. The summed E-state index contributed by atoms with van der Waals surface area (Å²) in [5.74, 6) is -1.30. The standard InChI is InChI=1S/C16H16F2N2O/c1-19-15-13(17)9-14(18)16(20-15)21-12-7-6-10-4-2-3-5-11(10)8-12/h6-9H,2-5H2,1H3,(H,19,20). The average Bonchev–Trinajstić information content (AvgIpc) is 2.50. The second kappa shape index (κ2) is 5.68. The fraction of sp³-hybridized carbons (Fsp3) is 0.312. The molecule has 0 aliphatic heterocycles. The molecule has 0 fully saturated rings. The van der Waals surface area contributed by atoms with Crippen molar-refractivity contribution in [2.75, 3.05) is 12.4 Å². The number of hydrogen-bond donors (Lipinski definition) is 1. The SMILES string of the molecule is CNc1nc(Oc2ccc3c(c2)CCCC3)c(F)cc1F. The summed E-state index contributed by atoms with van der Waals surface area (Å²) in [4.78, 5) is 3.81. The lowest BCUT2D eigenvalue weighted by molar-refractivity contribution is 0.417. The van der Waals surface area contributed by atoms with Crippen molar-refractivity contribution in [3.63, 3.8) is 0 Å². The summed E-state index contributed by atoms with van der Waals surface area (Å²) >= 11 is 0. The molecule has 0 amide bonds. The third-order valence-electron chi connectivity index (χ3n) is 3.67. The van der Waals surface area contributed by atoms with E-state index in [1.165, 1.54) is 24.6 Å². The van der Waals surface area contributed by atoms with E-state index >= 15 is 0 Å². The molecule has 2 aromatic rings. The lowest BCUT2D eigenvalue weighted by Gasteiger charge is -2.16. The predicted octanol–water partition coefficient (Wildman–Crippen LogP) is 4.07. The number of pyridine rings is 1. The zero-order valence-corrected chi connectivity index (χ0v) is 11.7. The van der Waals surface area contributed by atoms with Gasteiger partial charge in [0.1, 0.15) is 5.75 Å². The minimum Gasteiger partial charge on any atom is -0.436 e. The molecule has 0 atom stereocenters. The van der Waals surface area contributed by atoms with Crippen molar-refractivity contribution in [3.05, 3.63) is 47.0 Å². The molecule has 5 heteroatoms. The molecule has 110 valence electrons. The van der Waals surface area contributed by atoms with Crippen LogP contribution >= 0.6 is 0 Å². The smallest absolute Gasteiger partial charge is 0.258 e. The Labute approximate surface area is 122 Å². The molecule has 0 saturated heterocycles. The molecule has 1 aliphatic carbocycles. The molecule has 0 spiro atoms. The number of ether oxygens (including phenoxy) is 1. The van der Waals surface area contributed by atoms with E-state index in [0.717, 1.165) is 25.3 Å². The number of nitrogens with zero attached hydrogens (tertiary/aromatic N) is 1. The molecule has 21 heavy (non-hydrogen) atoms. The van der Waals surface area contributed by atoms with Crippen molar-refractivity contribution >= 4 is 5.82 Å². The third kappa shape index (κ3) is 2.82. The lowest BCUT2D eigenvalue weighted by Crippen LogP contribution is -2.04. The van der Waals surface area contributed by atoms with Gasteiger partial charge in [-0.2, -0.15) is 4.98 Å². The second-order valence-electron chi connectivity index (χ2n) is 5.10. The summed E-state index contributed by atoms with van der Waals surface area (Å²) in [6, 6.07) is 6.49. The van der Waals surface area contributed by atoms with Crippen LogP contribution in [0, 0.1) is 11.6 Å². The van der Waals surface area contributed by atoms with Crippen LogP contribution in [-0.2, 0) is 12.8 Å². The number of nitrogens with one attached hydrogen (secondary N) is 1. The molecule has 3 nitrogen and oxygen atoms in total. The van der Waals surface area contributed by atoms with Crippen molar-refractivity contribution in [1.82, 2.24) is 4.98 Å². The van der Waals surface area contributed by atoms with E-state index in [4.69, 9.17) is 4.74 Å². The third-order valence-corrected chi connectivity index (χ3v) is 3.67. The molecular weight excluding hydrogens is 274 g/mol. The first-order valence-corrected chi connectivity index (χ1v) is 7.01. The highest BCUT2D eigenvalue weighted by Gasteiger charge is 2.15. The Morgan fingerprint density at radius 3 is 2.57 bits per heavy atom. The topological polar surface area (TPSA) is 34.2 Å². The van der Waals surface area contributed by atoms with E-state index in [0.29, 0.717) is 5.75 Å². The van der Waals surface area contributed by atoms with Crippen molar-refractivity contribution < 1.29 is 13.5 Å². The molecule has 0 bridgehead atoms. The molecule has 1 N–H and O–H groups in total. The van der Waals surface area contributed by atoms with Crippen LogP contribution in [0.2, 0.25) is 0 Å². The number of anilines is 1. The van der Waals surface area contributed by atoms with E-state index in [9.17, 15) is 8.78 Å². The predicted molar refractivity (Wildman–Crippen MR) is 76.9 cm³/mol. The van der Waals surface area contributed by atoms with Crippen LogP contribution in [0.1, 0.15) is 24.0 Å². The minimum absolute atomic E-state index is 0.0376. The van der Waals surface area contributed by atoms with Gasteiger partial charge in [-0.3, -0.25) is 0 Å². The first-order valence-electron chi connectivity index (χ1n) is 7.01. The van der Waals surface area contributed by atoms with Crippen LogP contribution in [0.5, 0.6) is 11.6 Å². The summed E-state index contributed by atoms with van der Waals surface area (Å²) < 4.78 is 32.6. The fourth-order valence-electron chi connectivity index (χ4n) is 2.58. The summed E-state index contributed by atoms with van der Waals surface area (Å²) in [7, 11) is 1.52. The number of hydrogen-bond acceptors (Lipinski definition) is 3. The highest BCUT2D eigenvalue weighted by atomic mass is 19.1. The van der Waals surface area contributed by atoms with E-state index in [1.807, 2.05) is 12.1 Å². The van der Waals surface area contributed by atoms with Crippen molar-refractivity contribution in [3.8, 4) is 11.6 Å². The van der Waals surface area contributed by atoms with Crippen LogP contribution in [-0.4, -0.2) is 12.0 Å². The maximum atomic E-state index is 13.7. The van der Waals surface area contributed by atoms with E-state index in [1.54, 1.807) is 6.07 Å². The quantitative estimate of drug-likeness (QED) is 0.925. The maximum Gasteiger partial charge on any atom is 0.258 e. The number of rotatable bonds is 3. The number of aromatic nitrogens is 1. The molecule has 0 saturated carbocycles. The normalized spacial score (nSPS) is 13.7. The van der Waals surface area contributed by atoms with Crippen LogP contribution in [0.3, 0.4) is 0 Å². The van der Waals surface area contributed by atoms with Crippen LogP contribution in [0.25, 0.3) is 0 Å². The molecule has 1 heterocycles. The molecule has 1 aromatic carbocycles. The fourth-order valence-corrected chi connectivity index (χ4v) is 2.58. The Morgan fingerprint density at radius 2 is 1.81 bits per heavy atom. The van der Waals surface area contributed by atoms with Gasteiger partial charge >= 0.3 is 0 Å². The highest BCUT2D eigenvalue weighted by molar-refractivity contribution is 5.42. The van der Waals surface area contributed by atoms with Gasteiger partial charge in [0, 0.05) is 13.1 Å². The second-order valence-corrected chi connectivity index (χ2v) is 5.10. The first-order chi connectivity index (χ1) is 10.2. The van der Waals surface area contributed by atoms with Gasteiger partial charge in [0.2, 0.25) is 0 Å². The van der Waals surface area contributed by atoms with Crippen molar-refractivity contribution in [1.29, 1.82) is 0 Å². The van der Waals surface area contributed by atoms with Gasteiger partial charge in [0.15, 0.2) is 17.5 Å². The van der Waals surface area contributed by atoms with E-state index in [2.05, 4.69) is 10.3 Å². The van der Waals surface area contributed by atoms with Gasteiger partial charge in [0.05, 0.1) is 0 Å². The Kier molecular flexibility index (Phi) is 3.73. The number of fused-ring (bicyclic) bond motifs is 1. The average molecular weight is 290 g/mol. The number of aryl methyl sites for hydroxylation is 2. The van der Waals surface area contributed by atoms with Gasteiger partial charge in [-0.1, -0.05) is 6.07 Å². The van der Waals surface area contributed by atoms with Crippen molar-refractivity contribution in [2.45, 2.75) is 25.7 Å². The number of benzene rings is 1. The van der Waals surface area contributed by atoms with Gasteiger partial charge in [-0.25, -0.2) is 8.78 Å². The molecular formula is C16H16F2N2O. The van der Waals surface area contributed by atoms with Gasteiger partial charge in [-0.15, -0.1) is 0 Å². The number of halogens is 2. The molecule has 1 aliphatic rings. The summed E-state index contributed by atoms with van der Waals surface area (Å²) in [5, 5.41) is 2.57. The van der Waals surface area contributed by atoms with Crippen LogP contribution < -0.4 is 10.1 Å². The van der Waals surface area contributed by atoms with Crippen LogP contribution in [0.4, 0.5) is 14.6 Å². The van der Waals surface area contributed by atoms with Gasteiger partial charge in [-0.05, 0) is 48.9 Å². The largest absolute Gasteiger partial charge is 0.436 e. The zero-order valence-electron chi connectivity index (χ0n) is 11.7. The van der Waals surface area contributed by atoms with Crippen LogP contribution in [0.15, 0.2) is 24.3 Å². The maximum absolute atomic E-state index is 13.7. The Bertz CT molecular complexity index is 674. The van der Waals surface area contributed by atoms with Crippen molar-refractivity contribution in [2.24, 2.45) is 0 Å². The zero-order chi connectivity index (χ0) is 14.8.